The number of carbonyl (C=O) groups excluding carboxylic acids is 2. The van der Waals surface area contributed by atoms with E-state index in [4.69, 9.17) is 0 Å². The van der Waals surface area contributed by atoms with Crippen molar-refractivity contribution >= 4 is 41.8 Å². The fourth-order valence-corrected chi connectivity index (χ4v) is 3.93. The lowest BCUT2D eigenvalue weighted by Crippen LogP contribution is -2.49. The summed E-state index contributed by atoms with van der Waals surface area (Å²) >= 11 is 0. The molecule has 1 saturated heterocycles. The first-order valence-electron chi connectivity index (χ1n) is 10.7. The molecule has 0 spiro atoms. The van der Waals surface area contributed by atoms with Gasteiger partial charge in [0.15, 0.2) is 5.96 Å². The molecule has 7 nitrogen and oxygen atoms in total. The number of rotatable bonds is 6. The summed E-state index contributed by atoms with van der Waals surface area (Å²) < 4.78 is 0. The molecule has 2 aliphatic rings. The Bertz CT molecular complexity index is 958. The lowest BCUT2D eigenvalue weighted by Gasteiger charge is -2.26. The zero-order valence-corrected chi connectivity index (χ0v) is 20.6. The average molecular weight is 547 g/mol. The number of amides is 2. The van der Waals surface area contributed by atoms with E-state index in [0.29, 0.717) is 25.2 Å². The van der Waals surface area contributed by atoms with Crippen molar-refractivity contribution in [3.05, 3.63) is 71.3 Å². The van der Waals surface area contributed by atoms with E-state index in [1.54, 1.807) is 11.9 Å². The van der Waals surface area contributed by atoms with Crippen LogP contribution in [-0.4, -0.2) is 55.9 Å². The molecule has 2 aromatic rings. The Hall–Kier alpha value is -2.62. The first-order valence-corrected chi connectivity index (χ1v) is 10.7. The molecule has 1 saturated carbocycles. The van der Waals surface area contributed by atoms with Gasteiger partial charge in [-0.25, -0.2) is 0 Å². The molecule has 0 unspecified atom stereocenters. The molecule has 2 aromatic carbocycles. The van der Waals surface area contributed by atoms with Gasteiger partial charge in [0, 0.05) is 44.2 Å². The number of guanidine groups is 1. The molecule has 32 heavy (non-hydrogen) atoms. The van der Waals surface area contributed by atoms with Crippen LogP contribution in [0, 0.1) is 0 Å². The number of carbonyl (C=O) groups is 2. The summed E-state index contributed by atoms with van der Waals surface area (Å²) in [7, 11) is 1.77. The Kier molecular flexibility index (Phi) is 8.11. The van der Waals surface area contributed by atoms with Gasteiger partial charge in [-0.15, -0.1) is 24.0 Å². The van der Waals surface area contributed by atoms with Crippen LogP contribution in [-0.2, 0) is 16.8 Å². The van der Waals surface area contributed by atoms with E-state index in [1.807, 2.05) is 24.3 Å². The number of halogens is 1. The maximum Gasteiger partial charge on any atom is 0.254 e. The average Bonchev–Trinajstić information content (AvgIpc) is 3.61. The second-order valence-corrected chi connectivity index (χ2v) is 8.20. The van der Waals surface area contributed by atoms with Crippen LogP contribution in [0.1, 0.15) is 34.3 Å². The fourth-order valence-electron chi connectivity index (χ4n) is 3.93. The number of piperazine rings is 1. The SMILES string of the molecule is CN=C(NCc1ccc(C(=O)N2CCNC(=O)C2)cc1)NCC1(c2ccccc2)CC1.I. The van der Waals surface area contributed by atoms with E-state index in [0.717, 1.165) is 18.1 Å². The smallest absolute Gasteiger partial charge is 0.254 e. The summed E-state index contributed by atoms with van der Waals surface area (Å²) in [6, 6.07) is 18.1. The first-order chi connectivity index (χ1) is 15.1. The van der Waals surface area contributed by atoms with E-state index in [9.17, 15) is 9.59 Å². The summed E-state index contributed by atoms with van der Waals surface area (Å²) in [6.45, 7) is 2.63. The van der Waals surface area contributed by atoms with Gasteiger partial charge in [0.25, 0.3) is 5.91 Å². The number of benzene rings is 2. The van der Waals surface area contributed by atoms with Crippen molar-refractivity contribution in [2.24, 2.45) is 4.99 Å². The molecule has 2 fully saturated rings. The van der Waals surface area contributed by atoms with Gasteiger partial charge in [-0.05, 0) is 36.1 Å². The van der Waals surface area contributed by atoms with Crippen molar-refractivity contribution in [1.82, 2.24) is 20.9 Å². The van der Waals surface area contributed by atoms with Crippen LogP contribution in [0.2, 0.25) is 0 Å². The first kappa shape index (κ1) is 24.0. The molecule has 1 heterocycles. The summed E-state index contributed by atoms with van der Waals surface area (Å²) in [5.74, 6) is 0.545. The standard InChI is InChI=1S/C24H29N5O2.HI/c1-25-23(28-17-24(11-12-24)20-5-3-2-4-6-20)27-15-18-7-9-19(10-8-18)22(31)29-14-13-26-21(30)16-29;/h2-10H,11-17H2,1H3,(H,26,30)(H2,25,27,28);1H. The summed E-state index contributed by atoms with van der Waals surface area (Å²) in [5.41, 5.74) is 3.25. The van der Waals surface area contributed by atoms with Crippen LogP contribution in [0.15, 0.2) is 59.6 Å². The molecule has 3 N–H and O–H groups in total. The Morgan fingerprint density at radius 1 is 1.09 bits per heavy atom. The van der Waals surface area contributed by atoms with Gasteiger partial charge in [-0.1, -0.05) is 42.5 Å². The van der Waals surface area contributed by atoms with E-state index >= 15 is 0 Å². The van der Waals surface area contributed by atoms with Crippen LogP contribution in [0.5, 0.6) is 0 Å². The van der Waals surface area contributed by atoms with Crippen molar-refractivity contribution in [3.63, 3.8) is 0 Å². The minimum Gasteiger partial charge on any atom is -0.356 e. The molecule has 0 radical (unpaired) electrons. The molecule has 170 valence electrons. The van der Waals surface area contributed by atoms with Crippen molar-refractivity contribution in [3.8, 4) is 0 Å². The van der Waals surface area contributed by atoms with Crippen LogP contribution >= 0.6 is 24.0 Å². The maximum atomic E-state index is 12.6. The predicted molar refractivity (Wildman–Crippen MR) is 136 cm³/mol. The topological polar surface area (TPSA) is 85.8 Å². The van der Waals surface area contributed by atoms with Gasteiger partial charge in [0.1, 0.15) is 0 Å². The van der Waals surface area contributed by atoms with E-state index in [1.165, 1.54) is 18.4 Å². The van der Waals surface area contributed by atoms with Gasteiger partial charge in [-0.3, -0.25) is 14.6 Å². The van der Waals surface area contributed by atoms with Gasteiger partial charge < -0.3 is 20.9 Å². The van der Waals surface area contributed by atoms with Crippen molar-refractivity contribution in [2.75, 3.05) is 33.2 Å². The highest BCUT2D eigenvalue weighted by molar-refractivity contribution is 14.0. The number of hydrogen-bond donors (Lipinski definition) is 3. The molecule has 4 rings (SSSR count). The van der Waals surface area contributed by atoms with Crippen LogP contribution in [0.4, 0.5) is 0 Å². The molecular weight excluding hydrogens is 517 g/mol. The second-order valence-electron chi connectivity index (χ2n) is 8.20. The Morgan fingerprint density at radius 2 is 1.81 bits per heavy atom. The van der Waals surface area contributed by atoms with Crippen LogP contribution < -0.4 is 16.0 Å². The van der Waals surface area contributed by atoms with Crippen molar-refractivity contribution in [1.29, 1.82) is 0 Å². The molecule has 1 aliphatic heterocycles. The summed E-state index contributed by atoms with van der Waals surface area (Å²) in [6.07, 6.45) is 2.38. The molecule has 2 amide bonds. The minimum absolute atomic E-state index is 0. The number of nitrogens with one attached hydrogen (secondary N) is 3. The Labute approximate surface area is 206 Å². The highest BCUT2D eigenvalue weighted by Gasteiger charge is 2.44. The summed E-state index contributed by atoms with van der Waals surface area (Å²) in [5, 5.41) is 9.54. The van der Waals surface area contributed by atoms with E-state index in [2.05, 4.69) is 51.3 Å². The lowest BCUT2D eigenvalue weighted by atomic mass is 9.96. The van der Waals surface area contributed by atoms with Gasteiger partial charge in [-0.2, -0.15) is 0 Å². The zero-order valence-electron chi connectivity index (χ0n) is 18.3. The van der Waals surface area contributed by atoms with Crippen molar-refractivity contribution < 1.29 is 9.59 Å². The Balaban J connectivity index is 0.00000289. The third kappa shape index (κ3) is 5.79. The molecule has 0 atom stereocenters. The molecular formula is C24H30IN5O2. The van der Waals surface area contributed by atoms with E-state index < -0.39 is 0 Å². The molecule has 8 heteroatoms. The van der Waals surface area contributed by atoms with Gasteiger partial charge >= 0.3 is 0 Å². The van der Waals surface area contributed by atoms with E-state index in [-0.39, 0.29) is 47.8 Å². The monoisotopic (exact) mass is 547 g/mol. The fraction of sp³-hybridized carbons (Fsp3) is 0.375. The molecule has 0 bridgehead atoms. The molecule has 0 aromatic heterocycles. The lowest BCUT2D eigenvalue weighted by molar-refractivity contribution is -0.123. The third-order valence-electron chi connectivity index (χ3n) is 6.04. The largest absolute Gasteiger partial charge is 0.356 e. The molecule has 1 aliphatic carbocycles. The predicted octanol–water partition coefficient (Wildman–Crippen LogP) is 2.27. The van der Waals surface area contributed by atoms with Gasteiger partial charge in [0.2, 0.25) is 5.91 Å². The van der Waals surface area contributed by atoms with Crippen molar-refractivity contribution in [2.45, 2.75) is 24.8 Å². The number of hydrogen-bond acceptors (Lipinski definition) is 3. The number of aliphatic imine (C=N–C) groups is 1. The highest BCUT2D eigenvalue weighted by atomic mass is 127. The van der Waals surface area contributed by atoms with Gasteiger partial charge in [0.05, 0.1) is 6.54 Å². The highest BCUT2D eigenvalue weighted by Crippen LogP contribution is 2.47. The van der Waals surface area contributed by atoms with Crippen LogP contribution in [0.3, 0.4) is 0 Å². The zero-order chi connectivity index (χ0) is 21.7. The second kappa shape index (κ2) is 10.8. The normalized spacial score (nSPS) is 17.1. The Morgan fingerprint density at radius 3 is 2.44 bits per heavy atom. The minimum atomic E-state index is -0.112. The third-order valence-corrected chi connectivity index (χ3v) is 6.04. The summed E-state index contributed by atoms with van der Waals surface area (Å²) in [4.78, 5) is 30.0. The number of nitrogens with zero attached hydrogens (tertiary/aromatic N) is 2. The van der Waals surface area contributed by atoms with Crippen LogP contribution in [0.25, 0.3) is 0 Å². The maximum absolute atomic E-state index is 12.6. The quantitative estimate of drug-likeness (QED) is 0.295.